The van der Waals surface area contributed by atoms with Crippen molar-refractivity contribution in [2.45, 2.75) is 26.1 Å². The minimum absolute atomic E-state index is 0.358. The molecule has 2 amide bonds. The summed E-state index contributed by atoms with van der Waals surface area (Å²) in [7, 11) is 0. The fourth-order valence-electron chi connectivity index (χ4n) is 0.754. The van der Waals surface area contributed by atoms with Crippen LogP contribution < -0.4 is 5.32 Å². The van der Waals surface area contributed by atoms with E-state index < -0.39 is 12.2 Å². The van der Waals surface area contributed by atoms with Gasteiger partial charge in [0.05, 0.1) is 0 Å². The minimum atomic E-state index is -0.507. The molecule has 56 valence electrons. The molecule has 1 heterocycles. The minimum Gasteiger partial charge on any atom is -0.356 e. The fourth-order valence-corrected chi connectivity index (χ4v) is 0.754. The van der Waals surface area contributed by atoms with Crippen molar-refractivity contribution in [1.29, 1.82) is 0 Å². The molecule has 0 bridgehead atoms. The molecule has 2 unspecified atom stereocenters. The lowest BCUT2D eigenvalue weighted by Crippen LogP contribution is -2.51. The Hall–Kier alpha value is -0.900. The Morgan fingerprint density at radius 2 is 1.60 bits per heavy atom. The van der Waals surface area contributed by atoms with Crippen LogP contribution in [0.15, 0.2) is 0 Å². The second kappa shape index (κ2) is 2.38. The molecular formula is C6H9NO3. The lowest BCUT2D eigenvalue weighted by molar-refractivity contribution is -0.156. The number of rotatable bonds is 0. The molecule has 0 radical (unpaired) electrons. The van der Waals surface area contributed by atoms with Crippen LogP contribution in [0.5, 0.6) is 0 Å². The highest BCUT2D eigenvalue weighted by Gasteiger charge is 2.28. The second-order valence-electron chi connectivity index (χ2n) is 2.27. The number of carbonyl (C=O) groups is 2. The zero-order chi connectivity index (χ0) is 7.72. The van der Waals surface area contributed by atoms with Crippen LogP contribution in [0, 0.1) is 0 Å². The van der Waals surface area contributed by atoms with Crippen LogP contribution in [-0.2, 0) is 14.3 Å². The summed E-state index contributed by atoms with van der Waals surface area (Å²) in [5.41, 5.74) is 0. The summed E-state index contributed by atoms with van der Waals surface area (Å²) >= 11 is 0. The van der Waals surface area contributed by atoms with Crippen molar-refractivity contribution in [1.82, 2.24) is 5.32 Å². The van der Waals surface area contributed by atoms with Crippen LogP contribution in [0.2, 0.25) is 0 Å². The van der Waals surface area contributed by atoms with Crippen LogP contribution in [-0.4, -0.2) is 24.0 Å². The van der Waals surface area contributed by atoms with Crippen LogP contribution in [0.1, 0.15) is 13.8 Å². The summed E-state index contributed by atoms with van der Waals surface area (Å²) in [6.07, 6.45) is -1.01. The molecule has 0 aromatic heterocycles. The van der Waals surface area contributed by atoms with Gasteiger partial charge in [-0.25, -0.2) is 0 Å². The van der Waals surface area contributed by atoms with Crippen LogP contribution >= 0.6 is 0 Å². The topological polar surface area (TPSA) is 55.4 Å². The first-order valence-corrected chi connectivity index (χ1v) is 3.11. The third kappa shape index (κ3) is 1.16. The fraction of sp³-hybridized carbons (Fsp3) is 0.667. The maximum absolute atomic E-state index is 10.7. The summed E-state index contributed by atoms with van der Waals surface area (Å²) in [6.45, 7) is 3.22. The van der Waals surface area contributed by atoms with Crippen molar-refractivity contribution in [3.05, 3.63) is 0 Å². The molecular weight excluding hydrogens is 134 g/mol. The summed E-state index contributed by atoms with van der Waals surface area (Å²) in [5.74, 6) is -0.716. The number of morpholine rings is 1. The molecule has 0 spiro atoms. The summed E-state index contributed by atoms with van der Waals surface area (Å²) in [4.78, 5) is 21.4. The van der Waals surface area contributed by atoms with Gasteiger partial charge in [-0.3, -0.25) is 14.9 Å². The van der Waals surface area contributed by atoms with E-state index in [1.807, 2.05) is 0 Å². The Kier molecular flexibility index (Phi) is 1.72. The van der Waals surface area contributed by atoms with Gasteiger partial charge in [-0.1, -0.05) is 0 Å². The third-order valence-corrected chi connectivity index (χ3v) is 1.39. The first-order chi connectivity index (χ1) is 4.61. The molecule has 1 aliphatic heterocycles. The van der Waals surface area contributed by atoms with Gasteiger partial charge < -0.3 is 4.74 Å². The van der Waals surface area contributed by atoms with Crippen LogP contribution in [0.3, 0.4) is 0 Å². The maximum atomic E-state index is 10.7. The molecule has 1 fully saturated rings. The van der Waals surface area contributed by atoms with Crippen molar-refractivity contribution in [2.24, 2.45) is 0 Å². The zero-order valence-electron chi connectivity index (χ0n) is 5.88. The lowest BCUT2D eigenvalue weighted by Gasteiger charge is -2.23. The van der Waals surface area contributed by atoms with Gasteiger partial charge in [0.1, 0.15) is 12.2 Å². The molecule has 1 aliphatic rings. The van der Waals surface area contributed by atoms with Crippen molar-refractivity contribution >= 4 is 11.8 Å². The average molecular weight is 143 g/mol. The standard InChI is InChI=1S/C6H9NO3/c1-3-5(8)7-6(9)4(2)10-3/h3-4H,1-2H3,(H,7,8,9). The number of amides is 2. The predicted molar refractivity (Wildman–Crippen MR) is 33.2 cm³/mol. The van der Waals surface area contributed by atoms with Gasteiger partial charge in [0.2, 0.25) is 0 Å². The zero-order valence-corrected chi connectivity index (χ0v) is 5.88. The van der Waals surface area contributed by atoms with Gasteiger partial charge in [0.25, 0.3) is 11.8 Å². The van der Waals surface area contributed by atoms with Crippen molar-refractivity contribution in [2.75, 3.05) is 0 Å². The van der Waals surface area contributed by atoms with E-state index in [-0.39, 0.29) is 11.8 Å². The Morgan fingerprint density at radius 3 is 1.90 bits per heavy atom. The average Bonchev–Trinajstić information content (AvgIpc) is 1.84. The van der Waals surface area contributed by atoms with E-state index in [9.17, 15) is 9.59 Å². The van der Waals surface area contributed by atoms with E-state index >= 15 is 0 Å². The Balaban J connectivity index is 2.63. The number of hydrogen-bond donors (Lipinski definition) is 1. The molecule has 0 aromatic carbocycles. The Morgan fingerprint density at radius 1 is 1.20 bits per heavy atom. The van der Waals surface area contributed by atoms with Gasteiger partial charge in [-0.15, -0.1) is 0 Å². The Labute approximate surface area is 58.5 Å². The summed E-state index contributed by atoms with van der Waals surface area (Å²) in [6, 6.07) is 0. The van der Waals surface area contributed by atoms with Crippen LogP contribution in [0.25, 0.3) is 0 Å². The number of imide groups is 1. The van der Waals surface area contributed by atoms with E-state index in [2.05, 4.69) is 5.32 Å². The highest BCUT2D eigenvalue weighted by Crippen LogP contribution is 2.03. The SMILES string of the molecule is CC1OC(C)C(=O)NC1=O. The van der Waals surface area contributed by atoms with Crippen LogP contribution in [0.4, 0.5) is 0 Å². The monoisotopic (exact) mass is 143 g/mol. The molecule has 4 heteroatoms. The number of ether oxygens (including phenoxy) is 1. The van der Waals surface area contributed by atoms with Gasteiger partial charge >= 0.3 is 0 Å². The summed E-state index contributed by atoms with van der Waals surface area (Å²) in [5, 5.41) is 2.18. The number of nitrogens with one attached hydrogen (secondary N) is 1. The molecule has 1 rings (SSSR count). The van der Waals surface area contributed by atoms with E-state index in [0.717, 1.165) is 0 Å². The molecule has 2 atom stereocenters. The van der Waals surface area contributed by atoms with E-state index in [0.29, 0.717) is 0 Å². The number of hydrogen-bond acceptors (Lipinski definition) is 3. The molecule has 10 heavy (non-hydrogen) atoms. The first kappa shape index (κ1) is 7.21. The van der Waals surface area contributed by atoms with E-state index in [1.165, 1.54) is 0 Å². The van der Waals surface area contributed by atoms with E-state index in [1.54, 1.807) is 13.8 Å². The summed E-state index contributed by atoms with van der Waals surface area (Å²) < 4.78 is 4.95. The number of carbonyl (C=O) groups excluding carboxylic acids is 2. The third-order valence-electron chi connectivity index (χ3n) is 1.39. The second-order valence-corrected chi connectivity index (χ2v) is 2.27. The smallest absolute Gasteiger partial charge is 0.255 e. The van der Waals surface area contributed by atoms with Gasteiger partial charge in [0, 0.05) is 0 Å². The Bertz CT molecular complexity index is 160. The van der Waals surface area contributed by atoms with Crippen molar-refractivity contribution < 1.29 is 14.3 Å². The quantitative estimate of drug-likeness (QED) is 0.462. The maximum Gasteiger partial charge on any atom is 0.255 e. The molecule has 4 nitrogen and oxygen atoms in total. The van der Waals surface area contributed by atoms with E-state index in [4.69, 9.17) is 4.74 Å². The van der Waals surface area contributed by atoms with Crippen molar-refractivity contribution in [3.8, 4) is 0 Å². The van der Waals surface area contributed by atoms with Gasteiger partial charge in [-0.05, 0) is 13.8 Å². The van der Waals surface area contributed by atoms with Crippen molar-refractivity contribution in [3.63, 3.8) is 0 Å². The predicted octanol–water partition coefficient (Wildman–Crippen LogP) is -0.564. The highest BCUT2D eigenvalue weighted by atomic mass is 16.5. The largest absolute Gasteiger partial charge is 0.356 e. The molecule has 1 N–H and O–H groups in total. The molecule has 1 saturated heterocycles. The molecule has 0 aromatic rings. The van der Waals surface area contributed by atoms with Gasteiger partial charge in [0.15, 0.2) is 0 Å². The lowest BCUT2D eigenvalue weighted by atomic mass is 10.2. The highest BCUT2D eigenvalue weighted by molar-refractivity contribution is 6.00. The molecule has 0 saturated carbocycles. The van der Waals surface area contributed by atoms with Gasteiger partial charge in [-0.2, -0.15) is 0 Å². The molecule has 0 aliphatic carbocycles. The normalized spacial score (nSPS) is 33.8. The first-order valence-electron chi connectivity index (χ1n) is 3.11.